The molecular formula is C16H30N2O. The molecule has 1 rings (SSSR count). The molecule has 0 saturated heterocycles. The highest BCUT2D eigenvalue weighted by atomic mass is 16.2. The smallest absolute Gasteiger partial charge is 0.236 e. The van der Waals surface area contributed by atoms with Crippen LogP contribution in [0.15, 0.2) is 35.4 Å². The van der Waals surface area contributed by atoms with Gasteiger partial charge in [-0.1, -0.05) is 71.9 Å². The van der Waals surface area contributed by atoms with E-state index in [2.05, 4.69) is 10.5 Å². The van der Waals surface area contributed by atoms with Crippen LogP contribution >= 0.6 is 0 Å². The van der Waals surface area contributed by atoms with Crippen LogP contribution in [-0.4, -0.2) is 11.6 Å². The molecule has 0 radical (unpaired) electrons. The summed E-state index contributed by atoms with van der Waals surface area (Å²) < 4.78 is 0. The molecule has 19 heavy (non-hydrogen) atoms. The molecule has 110 valence electrons. The average molecular weight is 266 g/mol. The standard InChI is InChI=1S/C10H12N2O.3C2H6/c1-8(11-12-9(2)13)10-6-4-3-5-7-10;3*1-2/h3-7H,1-2H3,(H,12,13);3*1-2H3/b11-8-;;;. The van der Waals surface area contributed by atoms with Crippen molar-refractivity contribution in [2.24, 2.45) is 5.10 Å². The van der Waals surface area contributed by atoms with Gasteiger partial charge >= 0.3 is 0 Å². The van der Waals surface area contributed by atoms with E-state index >= 15 is 0 Å². The number of rotatable bonds is 2. The van der Waals surface area contributed by atoms with Gasteiger partial charge in [0.25, 0.3) is 0 Å². The zero-order valence-corrected chi connectivity index (χ0v) is 13.7. The second-order valence-corrected chi connectivity index (χ2v) is 2.73. The molecule has 0 unspecified atom stereocenters. The number of amides is 1. The van der Waals surface area contributed by atoms with E-state index < -0.39 is 0 Å². The molecule has 1 N–H and O–H groups in total. The third kappa shape index (κ3) is 14.3. The van der Waals surface area contributed by atoms with Gasteiger partial charge in [-0.15, -0.1) is 0 Å². The Labute approximate surface area is 119 Å². The summed E-state index contributed by atoms with van der Waals surface area (Å²) in [5.41, 5.74) is 4.20. The van der Waals surface area contributed by atoms with Crippen LogP contribution in [0.5, 0.6) is 0 Å². The highest BCUT2D eigenvalue weighted by molar-refractivity contribution is 5.99. The molecule has 0 atom stereocenters. The molecule has 0 aliphatic carbocycles. The zero-order chi connectivity index (χ0) is 15.7. The van der Waals surface area contributed by atoms with Gasteiger partial charge in [0.2, 0.25) is 5.91 Å². The molecule has 0 aliphatic heterocycles. The van der Waals surface area contributed by atoms with Gasteiger partial charge in [-0.05, 0) is 12.5 Å². The minimum Gasteiger partial charge on any atom is -0.274 e. The van der Waals surface area contributed by atoms with Gasteiger partial charge in [0.1, 0.15) is 0 Å². The Morgan fingerprint density at radius 1 is 0.895 bits per heavy atom. The van der Waals surface area contributed by atoms with Crippen LogP contribution in [-0.2, 0) is 4.79 Å². The molecule has 0 saturated carbocycles. The lowest BCUT2D eigenvalue weighted by Crippen LogP contribution is -2.14. The van der Waals surface area contributed by atoms with Crippen molar-refractivity contribution < 1.29 is 4.79 Å². The second-order valence-electron chi connectivity index (χ2n) is 2.73. The van der Waals surface area contributed by atoms with Gasteiger partial charge in [0.15, 0.2) is 0 Å². The van der Waals surface area contributed by atoms with E-state index in [1.165, 1.54) is 6.92 Å². The van der Waals surface area contributed by atoms with Gasteiger partial charge in [-0.2, -0.15) is 5.10 Å². The maximum atomic E-state index is 10.6. The number of nitrogens with one attached hydrogen (secondary N) is 1. The largest absolute Gasteiger partial charge is 0.274 e. The van der Waals surface area contributed by atoms with E-state index in [-0.39, 0.29) is 5.91 Å². The Balaban J connectivity index is -0.000000375. The fourth-order valence-corrected chi connectivity index (χ4v) is 0.906. The molecule has 0 fully saturated rings. The van der Waals surface area contributed by atoms with Crippen LogP contribution in [0.4, 0.5) is 0 Å². The molecule has 0 bridgehead atoms. The third-order valence-electron chi connectivity index (χ3n) is 1.57. The second kappa shape index (κ2) is 18.7. The summed E-state index contributed by atoms with van der Waals surface area (Å²) in [4.78, 5) is 10.6. The number of carbonyl (C=O) groups excluding carboxylic acids is 1. The summed E-state index contributed by atoms with van der Waals surface area (Å²) in [5.74, 6) is -0.157. The Morgan fingerprint density at radius 2 is 1.32 bits per heavy atom. The minimum absolute atomic E-state index is 0.157. The highest BCUT2D eigenvalue weighted by Crippen LogP contribution is 1.99. The number of benzene rings is 1. The maximum Gasteiger partial charge on any atom is 0.236 e. The molecule has 0 spiro atoms. The van der Waals surface area contributed by atoms with Crippen molar-refractivity contribution in [3.05, 3.63) is 35.9 Å². The quantitative estimate of drug-likeness (QED) is 0.615. The van der Waals surface area contributed by atoms with E-state index in [0.717, 1.165) is 11.3 Å². The highest BCUT2D eigenvalue weighted by Gasteiger charge is 1.94. The molecule has 3 heteroatoms. The SMILES string of the molecule is CC.CC.CC.CC(=O)N/N=C(/C)c1ccccc1. The van der Waals surface area contributed by atoms with Gasteiger partial charge in [0.05, 0.1) is 5.71 Å². The lowest BCUT2D eigenvalue weighted by atomic mass is 10.1. The van der Waals surface area contributed by atoms with Crippen molar-refractivity contribution in [1.82, 2.24) is 5.43 Å². The Hall–Kier alpha value is -1.64. The molecule has 0 heterocycles. The lowest BCUT2D eigenvalue weighted by Gasteiger charge is -1.99. The van der Waals surface area contributed by atoms with E-state index in [4.69, 9.17) is 0 Å². The summed E-state index contributed by atoms with van der Waals surface area (Å²) >= 11 is 0. The van der Waals surface area contributed by atoms with Crippen LogP contribution in [0.25, 0.3) is 0 Å². The maximum absolute atomic E-state index is 10.6. The number of carbonyl (C=O) groups is 1. The molecule has 3 nitrogen and oxygen atoms in total. The van der Waals surface area contributed by atoms with Crippen LogP contribution in [0, 0.1) is 0 Å². The lowest BCUT2D eigenvalue weighted by molar-refractivity contribution is -0.118. The fourth-order valence-electron chi connectivity index (χ4n) is 0.906. The number of hydrazone groups is 1. The topological polar surface area (TPSA) is 41.5 Å². The first kappa shape index (κ1) is 22.5. The van der Waals surface area contributed by atoms with E-state index in [0.29, 0.717) is 0 Å². The summed E-state index contributed by atoms with van der Waals surface area (Å²) in [6.45, 7) is 15.3. The van der Waals surface area contributed by atoms with Crippen molar-refractivity contribution >= 4 is 11.6 Å². The number of hydrogen-bond donors (Lipinski definition) is 1. The predicted octanol–water partition coefficient (Wildman–Crippen LogP) is 4.63. The third-order valence-corrected chi connectivity index (χ3v) is 1.57. The van der Waals surface area contributed by atoms with E-state index in [1.54, 1.807) is 0 Å². The first-order valence-electron chi connectivity index (χ1n) is 7.06. The Morgan fingerprint density at radius 3 is 1.68 bits per heavy atom. The van der Waals surface area contributed by atoms with Crippen molar-refractivity contribution in [2.75, 3.05) is 0 Å². The summed E-state index contributed by atoms with van der Waals surface area (Å²) in [5, 5.41) is 3.91. The predicted molar refractivity (Wildman–Crippen MR) is 86.5 cm³/mol. The van der Waals surface area contributed by atoms with Crippen LogP contribution in [0.1, 0.15) is 61.0 Å². The van der Waals surface area contributed by atoms with Crippen molar-refractivity contribution in [1.29, 1.82) is 0 Å². The summed E-state index contributed by atoms with van der Waals surface area (Å²) in [6.07, 6.45) is 0. The van der Waals surface area contributed by atoms with Gasteiger partial charge in [0, 0.05) is 6.92 Å². The van der Waals surface area contributed by atoms with Crippen molar-refractivity contribution in [3.63, 3.8) is 0 Å². The molecule has 0 aliphatic rings. The van der Waals surface area contributed by atoms with Gasteiger partial charge in [-0.3, -0.25) is 4.79 Å². The fraction of sp³-hybridized carbons (Fsp3) is 0.500. The summed E-state index contributed by atoms with van der Waals surface area (Å²) in [7, 11) is 0. The van der Waals surface area contributed by atoms with Crippen molar-refractivity contribution in [2.45, 2.75) is 55.4 Å². The monoisotopic (exact) mass is 266 g/mol. The van der Waals surface area contributed by atoms with Gasteiger partial charge in [-0.25, -0.2) is 5.43 Å². The summed E-state index contributed by atoms with van der Waals surface area (Å²) in [6, 6.07) is 9.70. The normalized spacial score (nSPS) is 8.53. The first-order chi connectivity index (χ1) is 9.20. The number of hydrogen-bond acceptors (Lipinski definition) is 2. The van der Waals surface area contributed by atoms with Gasteiger partial charge < -0.3 is 0 Å². The van der Waals surface area contributed by atoms with Crippen LogP contribution < -0.4 is 5.43 Å². The molecule has 1 aromatic carbocycles. The average Bonchev–Trinajstić information content (AvgIpc) is 2.51. The first-order valence-corrected chi connectivity index (χ1v) is 7.06. The minimum atomic E-state index is -0.157. The molecule has 0 aromatic heterocycles. The molecule has 1 amide bonds. The zero-order valence-electron chi connectivity index (χ0n) is 13.7. The van der Waals surface area contributed by atoms with E-state index in [9.17, 15) is 4.79 Å². The van der Waals surface area contributed by atoms with Crippen molar-refractivity contribution in [3.8, 4) is 0 Å². The number of nitrogens with zero attached hydrogens (tertiary/aromatic N) is 1. The Kier molecular flexibility index (Phi) is 22.2. The van der Waals surface area contributed by atoms with E-state index in [1.807, 2.05) is 78.8 Å². The molecular weight excluding hydrogens is 236 g/mol. The van der Waals surface area contributed by atoms with Crippen LogP contribution in [0.3, 0.4) is 0 Å². The molecule has 1 aromatic rings. The van der Waals surface area contributed by atoms with Crippen LogP contribution in [0.2, 0.25) is 0 Å². The Bertz CT molecular complexity index is 319.